The van der Waals surface area contributed by atoms with Gasteiger partial charge in [0, 0.05) is 6.07 Å². The van der Waals surface area contributed by atoms with E-state index < -0.39 is 0 Å². The van der Waals surface area contributed by atoms with Gasteiger partial charge in [0.05, 0.1) is 12.8 Å². The number of methoxy groups -OCH3 is 1. The smallest absolute Gasteiger partial charge is 0.150 e. The summed E-state index contributed by atoms with van der Waals surface area (Å²) < 4.78 is 23.9. The molecule has 0 heterocycles. The van der Waals surface area contributed by atoms with Crippen molar-refractivity contribution in [2.24, 2.45) is 0 Å². The van der Waals surface area contributed by atoms with Crippen LogP contribution in [-0.4, -0.2) is 7.11 Å². The first-order chi connectivity index (χ1) is 8.60. The summed E-state index contributed by atoms with van der Waals surface area (Å²) in [5, 5.41) is 0. The summed E-state index contributed by atoms with van der Waals surface area (Å²) in [6.45, 7) is 1.66. The molecule has 0 aliphatic carbocycles. The highest BCUT2D eigenvalue weighted by molar-refractivity contribution is 5.55. The maximum atomic E-state index is 13.2. The summed E-state index contributed by atoms with van der Waals surface area (Å²) >= 11 is 0. The van der Waals surface area contributed by atoms with Gasteiger partial charge in [0.15, 0.2) is 5.75 Å². The predicted molar refractivity (Wildman–Crippen MR) is 68.6 cm³/mol. The second kappa shape index (κ2) is 4.96. The zero-order valence-corrected chi connectivity index (χ0v) is 10.2. The molecule has 0 aliphatic heterocycles. The summed E-state index contributed by atoms with van der Waals surface area (Å²) in [6.07, 6.45) is 0. The van der Waals surface area contributed by atoms with Gasteiger partial charge in [-0.25, -0.2) is 4.39 Å². The number of benzene rings is 2. The van der Waals surface area contributed by atoms with Gasteiger partial charge < -0.3 is 15.2 Å². The zero-order valence-electron chi connectivity index (χ0n) is 10.2. The maximum Gasteiger partial charge on any atom is 0.150 e. The molecule has 94 valence electrons. The van der Waals surface area contributed by atoms with Gasteiger partial charge in [0.25, 0.3) is 0 Å². The molecule has 0 atom stereocenters. The highest BCUT2D eigenvalue weighted by atomic mass is 19.1. The standard InChI is InChI=1S/C14H14FNO2/c1-9-7-14(13(16)8-12(9)15)18-11-5-3-10(17-2)4-6-11/h3-8H,16H2,1-2H3. The van der Waals surface area contributed by atoms with E-state index in [1.54, 1.807) is 44.4 Å². The van der Waals surface area contributed by atoms with Crippen LogP contribution in [0, 0.1) is 12.7 Å². The van der Waals surface area contributed by atoms with Gasteiger partial charge >= 0.3 is 0 Å². The van der Waals surface area contributed by atoms with Crippen molar-refractivity contribution < 1.29 is 13.9 Å². The van der Waals surface area contributed by atoms with Crippen molar-refractivity contribution in [1.82, 2.24) is 0 Å². The Balaban J connectivity index is 2.25. The van der Waals surface area contributed by atoms with Crippen LogP contribution in [-0.2, 0) is 0 Å². The van der Waals surface area contributed by atoms with Crippen molar-refractivity contribution >= 4 is 5.69 Å². The SMILES string of the molecule is COc1ccc(Oc2cc(C)c(F)cc2N)cc1. The highest BCUT2D eigenvalue weighted by Crippen LogP contribution is 2.30. The van der Waals surface area contributed by atoms with Gasteiger partial charge in [-0.1, -0.05) is 0 Å². The van der Waals surface area contributed by atoms with Crippen molar-refractivity contribution in [2.75, 3.05) is 12.8 Å². The third-order valence-corrected chi connectivity index (χ3v) is 2.58. The van der Waals surface area contributed by atoms with E-state index in [0.29, 0.717) is 17.1 Å². The van der Waals surface area contributed by atoms with Crippen LogP contribution in [0.1, 0.15) is 5.56 Å². The molecular formula is C14H14FNO2. The van der Waals surface area contributed by atoms with E-state index in [2.05, 4.69) is 0 Å². The second-order valence-electron chi connectivity index (χ2n) is 3.92. The molecule has 3 nitrogen and oxygen atoms in total. The molecule has 18 heavy (non-hydrogen) atoms. The second-order valence-corrected chi connectivity index (χ2v) is 3.92. The maximum absolute atomic E-state index is 13.2. The molecule has 0 aromatic heterocycles. The number of nitrogen functional groups attached to an aromatic ring is 1. The van der Waals surface area contributed by atoms with E-state index in [0.717, 1.165) is 5.75 Å². The van der Waals surface area contributed by atoms with Crippen LogP contribution < -0.4 is 15.2 Å². The molecule has 0 unspecified atom stereocenters. The number of aryl methyl sites for hydroxylation is 1. The van der Waals surface area contributed by atoms with Crippen LogP contribution in [0.25, 0.3) is 0 Å². The molecule has 2 rings (SSSR count). The Bertz CT molecular complexity index is 552. The summed E-state index contributed by atoms with van der Waals surface area (Å²) in [4.78, 5) is 0. The molecule has 0 radical (unpaired) electrons. The highest BCUT2D eigenvalue weighted by Gasteiger charge is 2.07. The fourth-order valence-corrected chi connectivity index (χ4v) is 1.53. The number of hydrogen-bond acceptors (Lipinski definition) is 3. The summed E-state index contributed by atoms with van der Waals surface area (Å²) in [6, 6.07) is 9.92. The Morgan fingerprint density at radius 1 is 1.06 bits per heavy atom. The lowest BCUT2D eigenvalue weighted by molar-refractivity contribution is 0.413. The number of ether oxygens (including phenoxy) is 2. The number of nitrogens with two attached hydrogens (primary N) is 1. The minimum absolute atomic E-state index is 0.272. The van der Waals surface area contributed by atoms with Crippen LogP contribution >= 0.6 is 0 Å². The summed E-state index contributed by atoms with van der Waals surface area (Å²) in [7, 11) is 1.59. The first kappa shape index (κ1) is 12.2. The normalized spacial score (nSPS) is 10.2. The van der Waals surface area contributed by atoms with E-state index in [9.17, 15) is 4.39 Å². The van der Waals surface area contributed by atoms with Crippen molar-refractivity contribution in [2.45, 2.75) is 6.92 Å². The third-order valence-electron chi connectivity index (χ3n) is 2.58. The fraction of sp³-hybridized carbons (Fsp3) is 0.143. The molecule has 0 aliphatic rings. The van der Waals surface area contributed by atoms with E-state index in [4.69, 9.17) is 15.2 Å². The Kier molecular flexibility index (Phi) is 3.37. The van der Waals surface area contributed by atoms with Crippen molar-refractivity contribution in [3.63, 3.8) is 0 Å². The molecule has 0 spiro atoms. The molecule has 0 bridgehead atoms. The average molecular weight is 247 g/mol. The lowest BCUT2D eigenvalue weighted by Crippen LogP contribution is -1.95. The van der Waals surface area contributed by atoms with Gasteiger partial charge in [0.1, 0.15) is 17.3 Å². The van der Waals surface area contributed by atoms with Gasteiger partial charge in [-0.15, -0.1) is 0 Å². The predicted octanol–water partition coefficient (Wildman–Crippen LogP) is 3.52. The van der Waals surface area contributed by atoms with Crippen LogP contribution in [0.2, 0.25) is 0 Å². The molecule has 0 amide bonds. The van der Waals surface area contributed by atoms with Gasteiger partial charge in [-0.3, -0.25) is 0 Å². The fourth-order valence-electron chi connectivity index (χ4n) is 1.53. The molecule has 2 aromatic carbocycles. The first-order valence-electron chi connectivity index (χ1n) is 5.47. The number of halogens is 1. The minimum Gasteiger partial charge on any atom is -0.497 e. The van der Waals surface area contributed by atoms with Crippen LogP contribution in [0.15, 0.2) is 36.4 Å². The Morgan fingerprint density at radius 2 is 1.67 bits per heavy atom. The van der Waals surface area contributed by atoms with Gasteiger partial charge in [-0.2, -0.15) is 0 Å². The van der Waals surface area contributed by atoms with Crippen molar-refractivity contribution in [1.29, 1.82) is 0 Å². The summed E-state index contributed by atoms with van der Waals surface area (Å²) in [5.41, 5.74) is 6.47. The lowest BCUT2D eigenvalue weighted by Gasteiger charge is -2.10. The van der Waals surface area contributed by atoms with E-state index >= 15 is 0 Å². The molecule has 4 heteroatoms. The van der Waals surface area contributed by atoms with Gasteiger partial charge in [-0.05, 0) is 42.8 Å². The molecule has 0 fully saturated rings. The quantitative estimate of drug-likeness (QED) is 0.844. The first-order valence-corrected chi connectivity index (χ1v) is 5.47. The third kappa shape index (κ3) is 2.53. The number of anilines is 1. The average Bonchev–Trinajstić information content (AvgIpc) is 2.37. The number of rotatable bonds is 3. The number of hydrogen-bond donors (Lipinski definition) is 1. The Morgan fingerprint density at radius 3 is 2.28 bits per heavy atom. The molecule has 0 saturated heterocycles. The van der Waals surface area contributed by atoms with Crippen LogP contribution in [0.3, 0.4) is 0 Å². The van der Waals surface area contributed by atoms with Crippen molar-refractivity contribution in [3.8, 4) is 17.2 Å². The van der Waals surface area contributed by atoms with E-state index in [-0.39, 0.29) is 11.5 Å². The van der Waals surface area contributed by atoms with Crippen LogP contribution in [0.4, 0.5) is 10.1 Å². The monoisotopic (exact) mass is 247 g/mol. The molecule has 2 aromatic rings. The zero-order chi connectivity index (χ0) is 13.1. The Hall–Kier alpha value is -2.23. The molecular weight excluding hydrogens is 233 g/mol. The van der Waals surface area contributed by atoms with Gasteiger partial charge in [0.2, 0.25) is 0 Å². The van der Waals surface area contributed by atoms with E-state index in [1.807, 2.05) is 0 Å². The molecule has 0 saturated carbocycles. The lowest BCUT2D eigenvalue weighted by atomic mass is 10.2. The largest absolute Gasteiger partial charge is 0.497 e. The minimum atomic E-state index is -0.338. The topological polar surface area (TPSA) is 44.5 Å². The summed E-state index contributed by atoms with van der Waals surface area (Å²) in [5.74, 6) is 1.47. The van der Waals surface area contributed by atoms with E-state index in [1.165, 1.54) is 6.07 Å². The van der Waals surface area contributed by atoms with Crippen molar-refractivity contribution in [3.05, 3.63) is 47.8 Å². The molecule has 2 N–H and O–H groups in total. The van der Waals surface area contributed by atoms with Crippen LogP contribution in [0.5, 0.6) is 17.2 Å². The Labute approximate surface area is 105 Å².